The van der Waals surface area contributed by atoms with Gasteiger partial charge in [0.25, 0.3) is 0 Å². The molecule has 7 nitrogen and oxygen atoms in total. The fraction of sp³-hybridized carbons (Fsp3) is 0.667. The molecule has 3 rings (SSSR count). The minimum Gasteiger partial charge on any atom is -0.497 e. The summed E-state index contributed by atoms with van der Waals surface area (Å²) in [5.41, 5.74) is 1.25. The number of rotatable bonds is 8. The Hall–Kier alpha value is -2.28. The number of methoxy groups -OCH3 is 1. The molecule has 2 N–H and O–H groups in total. The second-order valence-electron chi connectivity index (χ2n) is 8.85. The van der Waals surface area contributed by atoms with E-state index in [4.69, 9.17) is 4.74 Å². The van der Waals surface area contributed by atoms with Crippen molar-refractivity contribution in [3.05, 3.63) is 29.8 Å². The van der Waals surface area contributed by atoms with Gasteiger partial charge < -0.3 is 20.3 Å². The largest absolute Gasteiger partial charge is 0.497 e. The molecule has 7 heteroatoms. The highest BCUT2D eigenvalue weighted by atomic mass is 16.5. The van der Waals surface area contributed by atoms with E-state index in [1.54, 1.807) is 26.1 Å². The van der Waals surface area contributed by atoms with Crippen molar-refractivity contribution in [3.63, 3.8) is 0 Å². The lowest BCUT2D eigenvalue weighted by molar-refractivity contribution is -0.127. The Bertz CT molecular complexity index is 724. The number of nitrogens with zero attached hydrogens (tertiary/aromatic N) is 3. The van der Waals surface area contributed by atoms with Gasteiger partial charge in [0, 0.05) is 26.7 Å². The van der Waals surface area contributed by atoms with Crippen LogP contribution in [0.5, 0.6) is 5.75 Å². The third-order valence-corrected chi connectivity index (χ3v) is 6.34. The molecule has 1 saturated carbocycles. The molecule has 0 spiro atoms. The normalized spacial score (nSPS) is 19.1. The van der Waals surface area contributed by atoms with Crippen molar-refractivity contribution in [2.45, 2.75) is 57.0 Å². The summed E-state index contributed by atoms with van der Waals surface area (Å²) in [4.78, 5) is 20.9. The summed E-state index contributed by atoms with van der Waals surface area (Å²) in [7, 11) is 5.25. The van der Waals surface area contributed by atoms with Crippen LogP contribution < -0.4 is 15.4 Å². The topological polar surface area (TPSA) is 69.2 Å². The van der Waals surface area contributed by atoms with Crippen LogP contribution in [0.3, 0.4) is 0 Å². The number of amides is 1. The first-order chi connectivity index (χ1) is 15.1. The fourth-order valence-corrected chi connectivity index (χ4v) is 4.43. The summed E-state index contributed by atoms with van der Waals surface area (Å²) < 4.78 is 5.46. The molecule has 1 aromatic rings. The summed E-state index contributed by atoms with van der Waals surface area (Å²) in [5.74, 6) is 1.63. The second kappa shape index (κ2) is 11.9. The van der Waals surface area contributed by atoms with Crippen molar-refractivity contribution in [1.82, 2.24) is 20.4 Å². The van der Waals surface area contributed by atoms with Gasteiger partial charge in [-0.05, 0) is 56.5 Å². The molecule has 1 heterocycles. The van der Waals surface area contributed by atoms with Gasteiger partial charge in [0.05, 0.1) is 13.2 Å². The molecule has 2 aliphatic rings. The summed E-state index contributed by atoms with van der Waals surface area (Å²) >= 11 is 0. The van der Waals surface area contributed by atoms with Crippen LogP contribution in [-0.4, -0.2) is 75.1 Å². The van der Waals surface area contributed by atoms with Gasteiger partial charge in [-0.2, -0.15) is 0 Å². The molecule has 172 valence electrons. The van der Waals surface area contributed by atoms with Crippen LogP contribution in [0.4, 0.5) is 0 Å². The van der Waals surface area contributed by atoms with E-state index in [0.29, 0.717) is 6.04 Å². The SMILES string of the molecule is COc1cccc(C(CNC(=NCC(=O)N(C)C)NC2CCCCC2)N2CCCC2)c1. The van der Waals surface area contributed by atoms with Gasteiger partial charge in [0.15, 0.2) is 5.96 Å². The third-order valence-electron chi connectivity index (χ3n) is 6.34. The average Bonchev–Trinajstić information content (AvgIpc) is 3.32. The lowest BCUT2D eigenvalue weighted by atomic mass is 9.96. The molecular formula is C24H39N5O2. The van der Waals surface area contributed by atoms with Gasteiger partial charge in [-0.15, -0.1) is 0 Å². The van der Waals surface area contributed by atoms with Crippen LogP contribution in [-0.2, 0) is 4.79 Å². The number of nitrogens with one attached hydrogen (secondary N) is 2. The number of ether oxygens (including phenoxy) is 1. The number of guanidine groups is 1. The molecule has 1 saturated heterocycles. The van der Waals surface area contributed by atoms with Crippen LogP contribution in [0, 0.1) is 0 Å². The predicted molar refractivity (Wildman–Crippen MR) is 126 cm³/mol. The summed E-state index contributed by atoms with van der Waals surface area (Å²) in [6.07, 6.45) is 8.60. The number of likely N-dealkylation sites (N-methyl/N-ethyl adjacent to an activating group) is 1. The number of aliphatic imine (C=N–C) groups is 1. The Labute approximate surface area is 187 Å². The van der Waals surface area contributed by atoms with E-state index in [9.17, 15) is 4.79 Å². The number of hydrogen-bond acceptors (Lipinski definition) is 4. The van der Waals surface area contributed by atoms with E-state index in [-0.39, 0.29) is 18.5 Å². The first-order valence-electron chi connectivity index (χ1n) is 11.7. The molecule has 1 aliphatic heterocycles. The highest BCUT2D eigenvalue weighted by Crippen LogP contribution is 2.27. The van der Waals surface area contributed by atoms with E-state index < -0.39 is 0 Å². The maximum absolute atomic E-state index is 12.1. The summed E-state index contributed by atoms with van der Waals surface area (Å²) in [5, 5.41) is 7.16. The van der Waals surface area contributed by atoms with Gasteiger partial charge in [0.2, 0.25) is 5.91 Å². The monoisotopic (exact) mass is 429 g/mol. The molecule has 1 unspecified atom stereocenters. The molecule has 0 radical (unpaired) electrons. The average molecular weight is 430 g/mol. The highest BCUT2D eigenvalue weighted by molar-refractivity contribution is 5.85. The smallest absolute Gasteiger partial charge is 0.243 e. The Morgan fingerprint density at radius 2 is 1.94 bits per heavy atom. The number of carbonyl (C=O) groups excluding carboxylic acids is 1. The molecular weight excluding hydrogens is 390 g/mol. The van der Waals surface area contributed by atoms with Crippen LogP contribution in [0.2, 0.25) is 0 Å². The molecule has 2 fully saturated rings. The quantitative estimate of drug-likeness (QED) is 0.491. The van der Waals surface area contributed by atoms with Crippen LogP contribution >= 0.6 is 0 Å². The first-order valence-corrected chi connectivity index (χ1v) is 11.7. The van der Waals surface area contributed by atoms with E-state index >= 15 is 0 Å². The molecule has 1 aromatic carbocycles. The predicted octanol–water partition coefficient (Wildman–Crippen LogP) is 2.79. The van der Waals surface area contributed by atoms with Crippen molar-refractivity contribution >= 4 is 11.9 Å². The maximum atomic E-state index is 12.1. The van der Waals surface area contributed by atoms with Crippen molar-refractivity contribution in [1.29, 1.82) is 0 Å². The lowest BCUT2D eigenvalue weighted by Gasteiger charge is -2.30. The number of likely N-dealkylation sites (tertiary alicyclic amines) is 1. The molecule has 1 amide bonds. The number of benzene rings is 1. The van der Waals surface area contributed by atoms with E-state index in [0.717, 1.165) is 44.2 Å². The minimum absolute atomic E-state index is 0.00799. The standard InChI is InChI=1S/C24H39N5O2/c1-28(2)23(30)18-26-24(27-20-11-5-4-6-12-20)25-17-22(29-14-7-8-15-29)19-10-9-13-21(16-19)31-3/h9-10,13,16,20,22H,4-8,11-12,14-15,17-18H2,1-3H3,(H2,25,26,27). The van der Waals surface area contributed by atoms with Gasteiger partial charge in [-0.3, -0.25) is 9.69 Å². The van der Waals surface area contributed by atoms with Crippen LogP contribution in [0.25, 0.3) is 0 Å². The maximum Gasteiger partial charge on any atom is 0.243 e. The zero-order chi connectivity index (χ0) is 22.1. The van der Waals surface area contributed by atoms with Gasteiger partial charge in [0.1, 0.15) is 12.3 Å². The molecule has 0 bridgehead atoms. The summed E-state index contributed by atoms with van der Waals surface area (Å²) in [6.45, 7) is 3.10. The minimum atomic E-state index is 0.00799. The lowest BCUT2D eigenvalue weighted by Crippen LogP contribution is -2.47. The molecule has 1 aliphatic carbocycles. The Morgan fingerprint density at radius 1 is 1.19 bits per heavy atom. The first kappa shape index (κ1) is 23.4. The summed E-state index contributed by atoms with van der Waals surface area (Å²) in [6, 6.07) is 9.02. The third kappa shape index (κ3) is 7.13. The Morgan fingerprint density at radius 3 is 2.61 bits per heavy atom. The van der Waals surface area contributed by atoms with Gasteiger partial charge in [-0.25, -0.2) is 4.99 Å². The zero-order valence-electron chi connectivity index (χ0n) is 19.4. The molecule has 0 aromatic heterocycles. The molecule has 31 heavy (non-hydrogen) atoms. The van der Waals surface area contributed by atoms with Gasteiger partial charge >= 0.3 is 0 Å². The Balaban J connectivity index is 1.72. The van der Waals surface area contributed by atoms with Crippen LogP contribution in [0.15, 0.2) is 29.3 Å². The molecule has 1 atom stereocenters. The van der Waals surface area contributed by atoms with E-state index in [2.05, 4.69) is 38.7 Å². The zero-order valence-corrected chi connectivity index (χ0v) is 19.4. The fourth-order valence-electron chi connectivity index (χ4n) is 4.43. The van der Waals surface area contributed by atoms with Crippen molar-refractivity contribution < 1.29 is 9.53 Å². The van der Waals surface area contributed by atoms with E-state index in [1.165, 1.54) is 37.7 Å². The van der Waals surface area contributed by atoms with Crippen molar-refractivity contribution in [3.8, 4) is 5.75 Å². The highest BCUT2D eigenvalue weighted by Gasteiger charge is 2.24. The second-order valence-corrected chi connectivity index (χ2v) is 8.85. The van der Waals surface area contributed by atoms with Crippen molar-refractivity contribution in [2.24, 2.45) is 4.99 Å². The van der Waals surface area contributed by atoms with Gasteiger partial charge in [-0.1, -0.05) is 31.4 Å². The van der Waals surface area contributed by atoms with Crippen molar-refractivity contribution in [2.75, 3.05) is 47.4 Å². The number of hydrogen-bond donors (Lipinski definition) is 2. The van der Waals surface area contributed by atoms with E-state index in [1.807, 2.05) is 6.07 Å². The van der Waals surface area contributed by atoms with Crippen LogP contribution in [0.1, 0.15) is 56.6 Å². The Kier molecular flexibility index (Phi) is 9.00. The number of carbonyl (C=O) groups is 1.